The Hall–Kier alpha value is -5.06. The molecule has 0 N–H and O–H groups in total. The molecule has 49 heavy (non-hydrogen) atoms. The molecule has 2 nitrogen and oxygen atoms in total. The first-order valence-electron chi connectivity index (χ1n) is 17.7. The first-order valence-corrected chi connectivity index (χ1v) is 18.5. The zero-order valence-corrected chi connectivity index (χ0v) is 28.6. The van der Waals surface area contributed by atoms with Crippen LogP contribution in [0.4, 0.5) is 34.1 Å². The summed E-state index contributed by atoms with van der Waals surface area (Å²) < 4.78 is 2.78. The molecular weight excluding hydrogens is 611 g/mol. The fourth-order valence-electron chi connectivity index (χ4n) is 9.18. The maximum absolute atomic E-state index is 2.59. The van der Waals surface area contributed by atoms with E-state index in [0.29, 0.717) is 0 Å². The van der Waals surface area contributed by atoms with E-state index in [1.165, 1.54) is 106 Å². The number of hydrogen-bond donors (Lipinski definition) is 0. The van der Waals surface area contributed by atoms with Crippen LogP contribution in [-0.2, 0) is 31.1 Å². The zero-order chi connectivity index (χ0) is 32.4. The van der Waals surface area contributed by atoms with Crippen LogP contribution in [0, 0.1) is 0 Å². The van der Waals surface area contributed by atoms with E-state index in [4.69, 9.17) is 0 Å². The predicted octanol–water partition coefficient (Wildman–Crippen LogP) is 9.51. The van der Waals surface area contributed by atoms with Gasteiger partial charge in [-0.25, -0.2) is 0 Å². The van der Waals surface area contributed by atoms with E-state index in [9.17, 15) is 0 Å². The maximum Gasteiger partial charge on any atom is 0.260 e. The Morgan fingerprint density at radius 1 is 0.612 bits per heavy atom. The van der Waals surface area contributed by atoms with Crippen LogP contribution >= 0.6 is 11.3 Å². The number of benzene rings is 6. The summed E-state index contributed by atoms with van der Waals surface area (Å²) in [5, 5.41) is 1.33. The van der Waals surface area contributed by atoms with Gasteiger partial charge in [0, 0.05) is 48.7 Å². The second-order valence-electron chi connectivity index (χ2n) is 14.8. The van der Waals surface area contributed by atoms with Crippen LogP contribution in [0.15, 0.2) is 127 Å². The molecule has 0 saturated heterocycles. The molecule has 4 aliphatic rings. The fourth-order valence-corrected chi connectivity index (χ4v) is 10.5. The van der Waals surface area contributed by atoms with E-state index in [2.05, 4.69) is 151 Å². The van der Waals surface area contributed by atoms with Gasteiger partial charge in [-0.3, -0.25) is 0 Å². The second kappa shape index (κ2) is 9.99. The number of aryl methyl sites for hydroxylation is 4. The van der Waals surface area contributed by atoms with Crippen molar-refractivity contribution in [3.63, 3.8) is 0 Å². The second-order valence-corrected chi connectivity index (χ2v) is 15.9. The summed E-state index contributed by atoms with van der Waals surface area (Å²) in [7, 11) is 0. The molecule has 0 radical (unpaired) electrons. The van der Waals surface area contributed by atoms with Gasteiger partial charge in [-0.1, -0.05) is 92.1 Å². The molecule has 3 heterocycles. The largest absolute Gasteiger partial charge is 0.310 e. The van der Waals surface area contributed by atoms with Gasteiger partial charge < -0.3 is 9.80 Å². The normalized spacial score (nSPS) is 15.7. The molecular formula is C45H35BN2S. The molecule has 2 aliphatic carbocycles. The van der Waals surface area contributed by atoms with Crippen molar-refractivity contribution in [2.24, 2.45) is 0 Å². The van der Waals surface area contributed by atoms with Crippen molar-refractivity contribution in [2.45, 2.75) is 44.9 Å². The lowest BCUT2D eigenvalue weighted by Crippen LogP contribution is -2.63. The summed E-state index contributed by atoms with van der Waals surface area (Å²) in [6, 6.07) is 48.7. The lowest BCUT2D eigenvalue weighted by atomic mass is 9.32. The summed E-state index contributed by atoms with van der Waals surface area (Å²) in [6.45, 7) is 5.06. The Bertz CT molecular complexity index is 2460. The van der Waals surface area contributed by atoms with Crippen LogP contribution in [0.2, 0.25) is 0 Å². The minimum atomic E-state index is -0.184. The molecule has 234 valence electrons. The van der Waals surface area contributed by atoms with Crippen LogP contribution in [-0.4, -0.2) is 6.71 Å². The van der Waals surface area contributed by atoms with Crippen LogP contribution in [0.5, 0.6) is 0 Å². The van der Waals surface area contributed by atoms with Crippen LogP contribution in [0.1, 0.15) is 47.2 Å². The van der Waals surface area contributed by atoms with Gasteiger partial charge in [0.2, 0.25) is 0 Å². The standard InChI is InChI=1S/C45H35BN2S/c1-45(2)37-13-7-8-14-39(37)46-42-38(45)26-35(47(33-22-20-28-16-18-30(28)24-33)34-23-21-29-17-19-31(29)25-34)27-40(42)48(32-10-4-3-5-11-32)43-36-12-6-9-15-41(36)49-44(43)46/h3-15,20-27H,16-19H2,1-2H3. The van der Waals surface area contributed by atoms with Crippen molar-refractivity contribution in [1.29, 1.82) is 0 Å². The van der Waals surface area contributed by atoms with Gasteiger partial charge in [-0.2, -0.15) is 0 Å². The molecule has 0 unspecified atom stereocenters. The SMILES string of the molecule is CC1(C)c2ccccc2B2c3sc4ccccc4c3N(c3ccccc3)c3cc(N(c4ccc5c(c4)CC5)c4ccc5c(c4)CC5)cc1c32. The Balaban J connectivity index is 1.25. The molecule has 0 atom stereocenters. The van der Waals surface area contributed by atoms with Crippen LogP contribution < -0.4 is 25.5 Å². The summed E-state index contributed by atoms with van der Waals surface area (Å²) in [4.78, 5) is 5.13. The van der Waals surface area contributed by atoms with Crippen molar-refractivity contribution in [3.05, 3.63) is 161 Å². The summed E-state index contributed by atoms with van der Waals surface area (Å²) in [5.41, 5.74) is 19.1. The Morgan fingerprint density at radius 2 is 1.27 bits per heavy atom. The van der Waals surface area contributed by atoms with Gasteiger partial charge in [0.25, 0.3) is 6.71 Å². The van der Waals surface area contributed by atoms with E-state index < -0.39 is 0 Å². The molecule has 11 rings (SSSR count). The van der Waals surface area contributed by atoms with Crippen LogP contribution in [0.3, 0.4) is 0 Å². The fraction of sp³-hybridized carbons (Fsp3) is 0.156. The number of para-hydroxylation sites is 1. The molecule has 0 spiro atoms. The van der Waals surface area contributed by atoms with Gasteiger partial charge in [-0.05, 0) is 119 Å². The first-order chi connectivity index (χ1) is 24.0. The number of rotatable bonds is 4. The minimum absolute atomic E-state index is 0.178. The molecule has 0 amide bonds. The number of fused-ring (bicyclic) bond motifs is 8. The van der Waals surface area contributed by atoms with Gasteiger partial charge >= 0.3 is 0 Å². The Labute approximate surface area is 292 Å². The summed E-state index contributed by atoms with van der Waals surface area (Å²) in [6.07, 6.45) is 4.71. The monoisotopic (exact) mass is 646 g/mol. The average molecular weight is 647 g/mol. The van der Waals surface area contributed by atoms with Crippen LogP contribution in [0.25, 0.3) is 10.1 Å². The van der Waals surface area contributed by atoms with Gasteiger partial charge in [0.1, 0.15) is 0 Å². The number of thiophene rings is 1. The smallest absolute Gasteiger partial charge is 0.260 e. The molecule has 6 aromatic carbocycles. The molecule has 0 bridgehead atoms. The lowest BCUT2D eigenvalue weighted by Gasteiger charge is -2.45. The van der Waals surface area contributed by atoms with E-state index in [0.717, 1.165) is 12.8 Å². The van der Waals surface area contributed by atoms with E-state index in [1.54, 1.807) is 0 Å². The summed E-state index contributed by atoms with van der Waals surface area (Å²) >= 11 is 1.97. The molecule has 4 heteroatoms. The lowest BCUT2D eigenvalue weighted by molar-refractivity contribution is 0.646. The number of nitrogens with zero attached hydrogens (tertiary/aromatic N) is 2. The highest BCUT2D eigenvalue weighted by atomic mass is 32.1. The van der Waals surface area contributed by atoms with Crippen molar-refractivity contribution in [2.75, 3.05) is 9.80 Å². The van der Waals surface area contributed by atoms with Crippen molar-refractivity contribution in [3.8, 4) is 0 Å². The topological polar surface area (TPSA) is 6.48 Å². The molecule has 0 saturated carbocycles. The minimum Gasteiger partial charge on any atom is -0.310 e. The van der Waals surface area contributed by atoms with Crippen molar-refractivity contribution >= 4 is 78.0 Å². The van der Waals surface area contributed by atoms with E-state index in [1.807, 2.05) is 11.3 Å². The highest BCUT2D eigenvalue weighted by Gasteiger charge is 2.48. The van der Waals surface area contributed by atoms with E-state index in [-0.39, 0.29) is 12.1 Å². The van der Waals surface area contributed by atoms with Gasteiger partial charge in [0.05, 0.1) is 5.69 Å². The zero-order valence-electron chi connectivity index (χ0n) is 27.8. The predicted molar refractivity (Wildman–Crippen MR) is 209 cm³/mol. The first kappa shape index (κ1) is 27.9. The molecule has 0 fully saturated rings. The molecule has 1 aromatic heterocycles. The van der Waals surface area contributed by atoms with Gasteiger partial charge in [0.15, 0.2) is 0 Å². The van der Waals surface area contributed by atoms with Gasteiger partial charge in [-0.15, -0.1) is 11.3 Å². The molecule has 7 aromatic rings. The third-order valence-electron chi connectivity index (χ3n) is 11.9. The quantitative estimate of drug-likeness (QED) is 0.176. The van der Waals surface area contributed by atoms with Crippen molar-refractivity contribution < 1.29 is 0 Å². The summed E-state index contributed by atoms with van der Waals surface area (Å²) in [5.74, 6) is 0. The third-order valence-corrected chi connectivity index (χ3v) is 13.1. The van der Waals surface area contributed by atoms with Crippen molar-refractivity contribution in [1.82, 2.24) is 0 Å². The average Bonchev–Trinajstić information content (AvgIpc) is 3.48. The molecule has 2 aliphatic heterocycles. The number of hydrogen-bond acceptors (Lipinski definition) is 3. The third kappa shape index (κ3) is 3.84. The highest BCUT2D eigenvalue weighted by Crippen LogP contribution is 2.49. The number of anilines is 6. The Morgan fingerprint density at radius 3 is 1.96 bits per heavy atom. The maximum atomic E-state index is 2.59. The highest BCUT2D eigenvalue weighted by molar-refractivity contribution is 7.33. The van der Waals surface area contributed by atoms with E-state index >= 15 is 0 Å². The Kier molecular flexibility index (Phi) is 5.68.